The lowest BCUT2D eigenvalue weighted by Crippen LogP contribution is -2.10. The molecular formula is C26H24F3NS. The molecule has 1 aliphatic rings. The summed E-state index contributed by atoms with van der Waals surface area (Å²) in [7, 11) is 1.99. The van der Waals surface area contributed by atoms with Crippen molar-refractivity contribution in [1.82, 2.24) is 0 Å². The van der Waals surface area contributed by atoms with Crippen LogP contribution in [0, 0.1) is 0 Å². The summed E-state index contributed by atoms with van der Waals surface area (Å²) in [5.74, 6) is 0.653. The molecule has 0 spiro atoms. The summed E-state index contributed by atoms with van der Waals surface area (Å²) in [6.45, 7) is 0. The van der Waals surface area contributed by atoms with Gasteiger partial charge in [0, 0.05) is 28.2 Å². The van der Waals surface area contributed by atoms with Crippen molar-refractivity contribution >= 4 is 42.9 Å². The van der Waals surface area contributed by atoms with Crippen molar-refractivity contribution < 1.29 is 13.2 Å². The van der Waals surface area contributed by atoms with Gasteiger partial charge in [0.2, 0.25) is 0 Å². The van der Waals surface area contributed by atoms with Crippen molar-refractivity contribution in [3.8, 4) is 0 Å². The van der Waals surface area contributed by atoms with Crippen molar-refractivity contribution in [3.63, 3.8) is 0 Å². The van der Waals surface area contributed by atoms with E-state index in [-0.39, 0.29) is 0 Å². The van der Waals surface area contributed by atoms with Crippen LogP contribution in [0.3, 0.4) is 0 Å². The number of fused-ring (bicyclic) bond motifs is 3. The molecule has 3 aromatic carbocycles. The van der Waals surface area contributed by atoms with E-state index in [1.807, 2.05) is 25.2 Å². The maximum atomic E-state index is 13.6. The van der Waals surface area contributed by atoms with Crippen LogP contribution in [0.5, 0.6) is 0 Å². The van der Waals surface area contributed by atoms with E-state index in [2.05, 4.69) is 29.2 Å². The average molecular weight is 440 g/mol. The van der Waals surface area contributed by atoms with Gasteiger partial charge in [-0.25, -0.2) is 0 Å². The van der Waals surface area contributed by atoms with Crippen LogP contribution in [-0.4, -0.2) is 7.05 Å². The standard InChI is InChI=1S/C26H24F3NS/c1-30(19-15-13-18(14-16-19)17-7-3-2-4-8-17)23-12-6-10-21-20-9-5-11-22(26(27,28)29)24(20)31-25(21)23/h5-6,9-17H,2-4,7-8H2,1H3. The Labute approximate surface area is 184 Å². The van der Waals surface area contributed by atoms with Crippen molar-refractivity contribution in [1.29, 1.82) is 0 Å². The Balaban J connectivity index is 1.55. The van der Waals surface area contributed by atoms with Crippen LogP contribution < -0.4 is 4.90 Å². The van der Waals surface area contributed by atoms with E-state index >= 15 is 0 Å². The number of thiophene rings is 1. The molecule has 1 nitrogen and oxygen atoms in total. The molecule has 0 aliphatic heterocycles. The quantitative estimate of drug-likeness (QED) is 0.308. The number of hydrogen-bond acceptors (Lipinski definition) is 2. The highest BCUT2D eigenvalue weighted by Gasteiger charge is 2.33. The van der Waals surface area contributed by atoms with Gasteiger partial charge in [0.05, 0.1) is 16.0 Å². The number of rotatable bonds is 3. The van der Waals surface area contributed by atoms with Gasteiger partial charge in [-0.2, -0.15) is 13.2 Å². The minimum atomic E-state index is -4.36. The van der Waals surface area contributed by atoms with Crippen LogP contribution >= 0.6 is 11.3 Å². The van der Waals surface area contributed by atoms with Gasteiger partial charge in [-0.1, -0.05) is 55.7 Å². The van der Waals surface area contributed by atoms with Crippen LogP contribution in [0.4, 0.5) is 24.5 Å². The zero-order valence-corrected chi connectivity index (χ0v) is 18.2. The fourth-order valence-electron chi connectivity index (χ4n) is 4.84. The predicted molar refractivity (Wildman–Crippen MR) is 125 cm³/mol. The molecule has 1 aromatic heterocycles. The molecule has 1 heterocycles. The van der Waals surface area contributed by atoms with Gasteiger partial charge in [-0.3, -0.25) is 0 Å². The highest BCUT2D eigenvalue weighted by Crippen LogP contribution is 2.45. The van der Waals surface area contributed by atoms with Gasteiger partial charge in [-0.15, -0.1) is 11.3 Å². The summed E-state index contributed by atoms with van der Waals surface area (Å²) < 4.78 is 41.9. The Morgan fingerprint density at radius 2 is 1.45 bits per heavy atom. The number of alkyl halides is 3. The molecule has 1 aliphatic carbocycles. The first kappa shape index (κ1) is 20.4. The molecule has 5 heteroatoms. The zero-order valence-electron chi connectivity index (χ0n) is 17.4. The molecular weight excluding hydrogens is 415 g/mol. The van der Waals surface area contributed by atoms with Gasteiger partial charge in [0.15, 0.2) is 0 Å². The SMILES string of the molecule is CN(c1ccc(C2CCCCC2)cc1)c1cccc2c1sc1c(C(F)(F)F)cccc12. The smallest absolute Gasteiger partial charge is 0.343 e. The van der Waals surface area contributed by atoms with Crippen LogP contribution in [0.15, 0.2) is 60.7 Å². The van der Waals surface area contributed by atoms with E-state index in [1.165, 1.54) is 61.1 Å². The van der Waals surface area contributed by atoms with Gasteiger partial charge in [0.1, 0.15) is 0 Å². The number of halogens is 3. The Bertz CT molecular complexity index is 1220. The Morgan fingerprint density at radius 1 is 0.806 bits per heavy atom. The first-order valence-electron chi connectivity index (χ1n) is 10.8. The number of benzene rings is 3. The minimum Gasteiger partial charge on any atom is -0.343 e. The fourth-order valence-corrected chi connectivity index (χ4v) is 6.22. The third-order valence-electron chi connectivity index (χ3n) is 6.53. The number of hydrogen-bond donors (Lipinski definition) is 0. The normalized spacial score (nSPS) is 15.6. The highest BCUT2D eigenvalue weighted by molar-refractivity contribution is 7.26. The average Bonchev–Trinajstić information content (AvgIpc) is 3.17. The molecule has 1 saturated carbocycles. The van der Waals surface area contributed by atoms with E-state index < -0.39 is 11.7 Å². The largest absolute Gasteiger partial charge is 0.417 e. The zero-order chi connectivity index (χ0) is 21.6. The monoisotopic (exact) mass is 439 g/mol. The summed E-state index contributed by atoms with van der Waals surface area (Å²) in [6, 6.07) is 19.0. The molecule has 0 unspecified atom stereocenters. The van der Waals surface area contributed by atoms with Crippen LogP contribution in [0.2, 0.25) is 0 Å². The van der Waals surface area contributed by atoms with Crippen LogP contribution in [0.25, 0.3) is 20.2 Å². The summed E-state index contributed by atoms with van der Waals surface area (Å²) in [4.78, 5) is 2.08. The third kappa shape index (κ3) is 3.69. The van der Waals surface area contributed by atoms with Crippen LogP contribution in [0.1, 0.15) is 49.1 Å². The minimum absolute atomic E-state index is 0.304. The molecule has 4 aromatic rings. The topological polar surface area (TPSA) is 3.24 Å². The van der Waals surface area contributed by atoms with E-state index in [0.29, 0.717) is 16.0 Å². The molecule has 0 saturated heterocycles. The number of nitrogens with zero attached hydrogens (tertiary/aromatic N) is 1. The molecule has 31 heavy (non-hydrogen) atoms. The van der Waals surface area contributed by atoms with E-state index in [4.69, 9.17) is 0 Å². The highest BCUT2D eigenvalue weighted by atomic mass is 32.1. The second-order valence-electron chi connectivity index (χ2n) is 8.42. The molecule has 0 atom stereocenters. The summed E-state index contributed by atoms with van der Waals surface area (Å²) >= 11 is 1.23. The second-order valence-corrected chi connectivity index (χ2v) is 9.44. The maximum Gasteiger partial charge on any atom is 0.417 e. The Kier molecular flexibility index (Phi) is 5.17. The fraction of sp³-hybridized carbons (Fsp3) is 0.308. The lowest BCUT2D eigenvalue weighted by molar-refractivity contribution is -0.136. The van der Waals surface area contributed by atoms with Gasteiger partial charge in [-0.05, 0) is 48.6 Å². The molecule has 0 N–H and O–H groups in total. The Morgan fingerprint density at radius 3 is 2.13 bits per heavy atom. The molecule has 0 bridgehead atoms. The summed E-state index contributed by atoms with van der Waals surface area (Å²) in [6.07, 6.45) is 2.12. The lowest BCUT2D eigenvalue weighted by atomic mass is 9.84. The summed E-state index contributed by atoms with van der Waals surface area (Å²) in [5.41, 5.74) is 2.81. The van der Waals surface area contributed by atoms with Gasteiger partial charge >= 0.3 is 6.18 Å². The van der Waals surface area contributed by atoms with Crippen molar-refractivity contribution in [2.75, 3.05) is 11.9 Å². The van der Waals surface area contributed by atoms with E-state index in [9.17, 15) is 13.2 Å². The van der Waals surface area contributed by atoms with Gasteiger partial charge in [0.25, 0.3) is 0 Å². The molecule has 160 valence electrons. The van der Waals surface area contributed by atoms with Gasteiger partial charge < -0.3 is 4.90 Å². The van der Waals surface area contributed by atoms with Crippen molar-refractivity contribution in [2.24, 2.45) is 0 Å². The third-order valence-corrected chi connectivity index (χ3v) is 7.80. The molecule has 0 amide bonds. The van der Waals surface area contributed by atoms with Crippen molar-refractivity contribution in [3.05, 3.63) is 71.8 Å². The first-order valence-corrected chi connectivity index (χ1v) is 11.6. The predicted octanol–water partition coefficient (Wildman–Crippen LogP) is 8.89. The number of anilines is 2. The molecule has 0 radical (unpaired) electrons. The van der Waals surface area contributed by atoms with E-state index in [1.54, 1.807) is 6.07 Å². The summed E-state index contributed by atoms with van der Waals surface area (Å²) in [5, 5.41) is 1.53. The van der Waals surface area contributed by atoms with Crippen molar-refractivity contribution in [2.45, 2.75) is 44.2 Å². The Hall–Kier alpha value is -2.53. The second kappa shape index (κ2) is 7.86. The maximum absolute atomic E-state index is 13.6. The molecule has 5 rings (SSSR count). The molecule has 1 fully saturated rings. The van der Waals surface area contributed by atoms with E-state index in [0.717, 1.165) is 21.5 Å². The van der Waals surface area contributed by atoms with Crippen LogP contribution in [-0.2, 0) is 6.18 Å². The first-order chi connectivity index (χ1) is 14.9. The lowest BCUT2D eigenvalue weighted by Gasteiger charge is -2.24.